The van der Waals surface area contributed by atoms with E-state index in [1.165, 1.54) is 40.9 Å². The summed E-state index contributed by atoms with van der Waals surface area (Å²) in [6.07, 6.45) is 2.54. The van der Waals surface area contributed by atoms with E-state index in [0.717, 1.165) is 13.1 Å². The maximum Gasteiger partial charge on any atom is 0.0697 e. The topological polar surface area (TPSA) is 15.3 Å². The number of anilines is 1. The highest BCUT2D eigenvalue weighted by Crippen LogP contribution is 2.42. The largest absolute Gasteiger partial charge is 0.376 e. The molecule has 3 saturated heterocycles. The highest BCUT2D eigenvalue weighted by Gasteiger charge is 2.40. The molecule has 0 amide bonds. The zero-order chi connectivity index (χ0) is 18.8. The van der Waals surface area contributed by atoms with E-state index in [1.807, 2.05) is 0 Å². The van der Waals surface area contributed by atoms with Gasteiger partial charge in [0.15, 0.2) is 0 Å². The Morgan fingerprint density at radius 1 is 0.679 bits per heavy atom. The molecule has 2 nitrogen and oxygen atoms in total. The fourth-order valence-corrected chi connectivity index (χ4v) is 4.78. The van der Waals surface area contributed by atoms with Crippen LogP contribution in [0.3, 0.4) is 0 Å². The molecule has 3 aliphatic heterocycles. The second kappa shape index (κ2) is 7.55. The standard InChI is InChI=1S/C26H26N2/c1-4-10-20(11-5-1)24(21-12-6-2-7-13-21)26-25(22-16-18-28(26)19-17-22)27-23-14-8-3-9-15-23/h1-15,22,25,27H,16-19H2. The van der Waals surface area contributed by atoms with Crippen molar-refractivity contribution in [2.75, 3.05) is 18.4 Å². The van der Waals surface area contributed by atoms with Crippen LogP contribution >= 0.6 is 0 Å². The monoisotopic (exact) mass is 366 g/mol. The Hall–Kier alpha value is -3.00. The lowest BCUT2D eigenvalue weighted by atomic mass is 9.78. The van der Waals surface area contributed by atoms with E-state index in [2.05, 4.69) is 101 Å². The van der Waals surface area contributed by atoms with Gasteiger partial charge in [-0.2, -0.15) is 0 Å². The molecule has 2 bridgehead atoms. The number of hydrogen-bond donors (Lipinski definition) is 1. The van der Waals surface area contributed by atoms with E-state index < -0.39 is 0 Å². The smallest absolute Gasteiger partial charge is 0.0697 e. The van der Waals surface area contributed by atoms with Crippen LogP contribution < -0.4 is 5.32 Å². The molecule has 0 aromatic heterocycles. The van der Waals surface area contributed by atoms with Crippen molar-refractivity contribution in [3.05, 3.63) is 108 Å². The van der Waals surface area contributed by atoms with Gasteiger partial charge in [-0.05, 0) is 42.0 Å². The van der Waals surface area contributed by atoms with Gasteiger partial charge in [-0.25, -0.2) is 0 Å². The van der Waals surface area contributed by atoms with Crippen LogP contribution in [0.5, 0.6) is 0 Å². The second-order valence-electron chi connectivity index (χ2n) is 7.80. The van der Waals surface area contributed by atoms with Crippen LogP contribution in [0.1, 0.15) is 24.0 Å². The molecular formula is C26H26N2. The fourth-order valence-electron chi connectivity index (χ4n) is 4.78. The molecule has 3 aliphatic rings. The van der Waals surface area contributed by atoms with Gasteiger partial charge in [0, 0.05) is 30.0 Å². The van der Waals surface area contributed by atoms with E-state index in [1.54, 1.807) is 0 Å². The zero-order valence-corrected chi connectivity index (χ0v) is 16.1. The lowest BCUT2D eigenvalue weighted by Crippen LogP contribution is -2.52. The van der Waals surface area contributed by atoms with Crippen LogP contribution in [0.15, 0.2) is 96.7 Å². The molecule has 1 N–H and O–H groups in total. The quantitative estimate of drug-likeness (QED) is 0.642. The van der Waals surface area contributed by atoms with Gasteiger partial charge >= 0.3 is 0 Å². The van der Waals surface area contributed by atoms with Crippen molar-refractivity contribution < 1.29 is 0 Å². The van der Waals surface area contributed by atoms with Crippen LogP contribution in [-0.2, 0) is 0 Å². The maximum absolute atomic E-state index is 3.88. The summed E-state index contributed by atoms with van der Waals surface area (Å²) in [5.74, 6) is 0.683. The zero-order valence-electron chi connectivity index (χ0n) is 16.1. The van der Waals surface area contributed by atoms with E-state index >= 15 is 0 Å². The van der Waals surface area contributed by atoms with Crippen LogP contribution in [0.2, 0.25) is 0 Å². The lowest BCUT2D eigenvalue weighted by Gasteiger charge is -2.49. The van der Waals surface area contributed by atoms with E-state index in [0.29, 0.717) is 12.0 Å². The molecule has 1 unspecified atom stereocenters. The van der Waals surface area contributed by atoms with Gasteiger partial charge in [-0.1, -0.05) is 78.9 Å². The predicted octanol–water partition coefficient (Wildman–Crippen LogP) is 5.65. The molecule has 0 saturated carbocycles. The summed E-state index contributed by atoms with van der Waals surface area (Å²) in [5.41, 5.74) is 6.65. The minimum absolute atomic E-state index is 0.348. The molecule has 3 heterocycles. The Bertz CT molecular complexity index is 898. The highest BCUT2D eigenvalue weighted by atomic mass is 15.2. The van der Waals surface area contributed by atoms with Gasteiger partial charge in [-0.15, -0.1) is 0 Å². The molecule has 6 rings (SSSR count). The van der Waals surface area contributed by atoms with Gasteiger partial charge < -0.3 is 10.2 Å². The number of para-hydroxylation sites is 1. The summed E-state index contributed by atoms with van der Waals surface area (Å²) in [7, 11) is 0. The number of benzene rings is 3. The maximum atomic E-state index is 3.88. The molecular weight excluding hydrogens is 340 g/mol. The van der Waals surface area contributed by atoms with Crippen molar-refractivity contribution in [3.8, 4) is 0 Å². The van der Waals surface area contributed by atoms with Crippen molar-refractivity contribution in [3.63, 3.8) is 0 Å². The molecule has 3 aromatic rings. The molecule has 0 aliphatic carbocycles. The van der Waals surface area contributed by atoms with Crippen molar-refractivity contribution >= 4 is 11.3 Å². The average Bonchev–Trinajstić information content (AvgIpc) is 2.78. The van der Waals surface area contributed by atoms with Crippen molar-refractivity contribution in [2.45, 2.75) is 18.9 Å². The van der Waals surface area contributed by atoms with Crippen LogP contribution in [0, 0.1) is 5.92 Å². The summed E-state index contributed by atoms with van der Waals surface area (Å²) in [6, 6.07) is 32.8. The third kappa shape index (κ3) is 3.20. The molecule has 3 aromatic carbocycles. The highest BCUT2D eigenvalue weighted by molar-refractivity contribution is 5.83. The minimum atomic E-state index is 0.348. The summed E-state index contributed by atoms with van der Waals surface area (Å²) < 4.78 is 0. The first kappa shape index (κ1) is 17.1. The molecule has 28 heavy (non-hydrogen) atoms. The van der Waals surface area contributed by atoms with Crippen molar-refractivity contribution in [1.82, 2.24) is 4.90 Å². The Morgan fingerprint density at radius 2 is 1.18 bits per heavy atom. The third-order valence-corrected chi connectivity index (χ3v) is 6.12. The normalized spacial score (nSPS) is 20.9. The third-order valence-electron chi connectivity index (χ3n) is 6.12. The predicted molar refractivity (Wildman–Crippen MR) is 117 cm³/mol. The Kier molecular flexibility index (Phi) is 4.62. The average molecular weight is 367 g/mol. The summed E-state index contributed by atoms with van der Waals surface area (Å²) >= 11 is 0. The molecule has 0 radical (unpaired) electrons. The molecule has 140 valence electrons. The van der Waals surface area contributed by atoms with Gasteiger partial charge in [0.05, 0.1) is 6.04 Å². The number of hydrogen-bond acceptors (Lipinski definition) is 2. The summed E-state index contributed by atoms with van der Waals surface area (Å²) in [4.78, 5) is 2.62. The first-order chi connectivity index (χ1) is 13.9. The van der Waals surface area contributed by atoms with Gasteiger partial charge in [0.25, 0.3) is 0 Å². The number of rotatable bonds is 4. The molecule has 2 heteroatoms. The first-order valence-corrected chi connectivity index (χ1v) is 10.3. The molecule has 1 atom stereocenters. The number of nitrogens with zero attached hydrogens (tertiary/aromatic N) is 1. The number of fused-ring (bicyclic) bond motifs is 3. The van der Waals surface area contributed by atoms with Crippen molar-refractivity contribution in [2.24, 2.45) is 5.92 Å². The second-order valence-corrected chi connectivity index (χ2v) is 7.80. The van der Waals surface area contributed by atoms with Crippen LogP contribution in [0.4, 0.5) is 5.69 Å². The van der Waals surface area contributed by atoms with Gasteiger partial charge in [0.2, 0.25) is 0 Å². The van der Waals surface area contributed by atoms with Crippen molar-refractivity contribution in [1.29, 1.82) is 0 Å². The Labute approximate surface area is 167 Å². The molecule has 3 fully saturated rings. The number of piperidine rings is 3. The number of nitrogens with one attached hydrogen (secondary N) is 1. The van der Waals surface area contributed by atoms with Gasteiger partial charge in [-0.3, -0.25) is 0 Å². The molecule has 0 spiro atoms. The van der Waals surface area contributed by atoms with Crippen LogP contribution in [-0.4, -0.2) is 24.0 Å². The van der Waals surface area contributed by atoms with Gasteiger partial charge in [0.1, 0.15) is 0 Å². The van der Waals surface area contributed by atoms with E-state index in [9.17, 15) is 0 Å². The van der Waals surface area contributed by atoms with Crippen LogP contribution in [0.25, 0.3) is 5.57 Å². The Balaban J connectivity index is 1.68. The SMILES string of the molecule is c1ccc(NC2C(=C(c3ccccc3)c3ccccc3)N3CCC2CC3)cc1. The Morgan fingerprint density at radius 3 is 1.71 bits per heavy atom. The minimum Gasteiger partial charge on any atom is -0.376 e. The van der Waals surface area contributed by atoms with E-state index in [4.69, 9.17) is 0 Å². The lowest BCUT2D eigenvalue weighted by molar-refractivity contribution is 0.148. The first-order valence-electron chi connectivity index (χ1n) is 10.3. The summed E-state index contributed by atoms with van der Waals surface area (Å²) in [5, 5.41) is 3.88. The van der Waals surface area contributed by atoms with E-state index in [-0.39, 0.29) is 0 Å². The fraction of sp³-hybridized carbons (Fsp3) is 0.231. The summed E-state index contributed by atoms with van der Waals surface area (Å²) in [6.45, 7) is 2.33.